The van der Waals surface area contributed by atoms with Crippen LogP contribution in [0.4, 0.5) is 0 Å². The molecular formula is C31H47N. The Morgan fingerprint density at radius 2 is 0.938 bits per heavy atom. The minimum atomic E-state index is 0.618. The first-order valence-corrected chi connectivity index (χ1v) is 13.7. The van der Waals surface area contributed by atoms with Gasteiger partial charge in [0.05, 0.1) is 0 Å². The summed E-state index contributed by atoms with van der Waals surface area (Å²) in [6.45, 7) is 0. The minimum absolute atomic E-state index is 0.618. The fraction of sp³-hybridized carbons (Fsp3) is 0.613. The van der Waals surface area contributed by atoms with Crippen molar-refractivity contribution in [3.8, 4) is 0 Å². The lowest BCUT2D eigenvalue weighted by molar-refractivity contribution is 0.304. The Bertz CT molecular complexity index is 663. The van der Waals surface area contributed by atoms with Gasteiger partial charge < -0.3 is 5.32 Å². The zero-order chi connectivity index (χ0) is 22.1. The van der Waals surface area contributed by atoms with E-state index >= 15 is 0 Å². The Morgan fingerprint density at radius 1 is 0.469 bits per heavy atom. The molecule has 3 rings (SSSR count). The highest BCUT2D eigenvalue weighted by molar-refractivity contribution is 5.32. The van der Waals surface area contributed by atoms with Crippen molar-refractivity contribution in [1.82, 2.24) is 5.32 Å². The van der Waals surface area contributed by atoms with Gasteiger partial charge in [0.2, 0.25) is 0 Å². The molecule has 2 fully saturated rings. The highest BCUT2D eigenvalue weighted by Crippen LogP contribution is 2.31. The molecule has 0 amide bonds. The van der Waals surface area contributed by atoms with Crippen LogP contribution in [0.2, 0.25) is 0 Å². The third kappa shape index (κ3) is 9.90. The summed E-state index contributed by atoms with van der Waals surface area (Å²) in [7, 11) is 0. The first-order chi connectivity index (χ1) is 15.9. The van der Waals surface area contributed by atoms with Crippen LogP contribution in [0.25, 0.3) is 0 Å². The molecular weight excluding hydrogens is 386 g/mol. The zero-order valence-corrected chi connectivity index (χ0v) is 20.4. The molecule has 0 aromatic carbocycles. The van der Waals surface area contributed by atoms with Gasteiger partial charge in [0.1, 0.15) is 0 Å². The highest BCUT2D eigenvalue weighted by atomic mass is 15.0. The number of hydrogen-bond acceptors (Lipinski definition) is 1. The Hall–Kier alpha value is -1.60. The second kappa shape index (κ2) is 16.1. The molecule has 1 nitrogen and oxygen atoms in total. The molecule has 176 valence electrons. The lowest BCUT2D eigenvalue weighted by atomic mass is 9.85. The summed E-state index contributed by atoms with van der Waals surface area (Å²) in [6, 6.07) is 1.33. The quantitative estimate of drug-likeness (QED) is 0.438. The first kappa shape index (κ1) is 25.0. The van der Waals surface area contributed by atoms with Crippen LogP contribution >= 0.6 is 0 Å². The third-order valence-corrected chi connectivity index (χ3v) is 7.47. The normalized spacial score (nSPS) is 34.1. The van der Waals surface area contributed by atoms with Gasteiger partial charge in [-0.1, -0.05) is 144 Å². The van der Waals surface area contributed by atoms with Crippen LogP contribution in [-0.2, 0) is 0 Å². The van der Waals surface area contributed by atoms with Gasteiger partial charge in [0.25, 0.3) is 0 Å². The third-order valence-electron chi connectivity index (χ3n) is 7.47. The maximum absolute atomic E-state index is 4.24. The summed E-state index contributed by atoms with van der Waals surface area (Å²) in [5.41, 5.74) is 1.50. The van der Waals surface area contributed by atoms with Gasteiger partial charge in [-0.3, -0.25) is 0 Å². The van der Waals surface area contributed by atoms with E-state index in [1.807, 2.05) is 0 Å². The molecule has 32 heavy (non-hydrogen) atoms. The molecule has 0 spiro atoms. The zero-order valence-electron chi connectivity index (χ0n) is 20.4. The van der Waals surface area contributed by atoms with Gasteiger partial charge in [-0.15, -0.1) is 0 Å². The van der Waals surface area contributed by atoms with Crippen molar-refractivity contribution in [2.24, 2.45) is 5.92 Å². The summed E-state index contributed by atoms with van der Waals surface area (Å²) in [4.78, 5) is 0. The van der Waals surface area contributed by atoms with Gasteiger partial charge in [-0.25, -0.2) is 0 Å². The van der Waals surface area contributed by atoms with Gasteiger partial charge in [0, 0.05) is 12.1 Å². The first-order valence-electron chi connectivity index (χ1n) is 13.7. The van der Waals surface area contributed by atoms with E-state index in [-0.39, 0.29) is 0 Å². The fourth-order valence-electron chi connectivity index (χ4n) is 5.62. The van der Waals surface area contributed by atoms with E-state index in [0.29, 0.717) is 18.0 Å². The molecule has 0 aromatic rings. The van der Waals surface area contributed by atoms with Crippen LogP contribution in [0.5, 0.6) is 0 Å². The second-order valence-corrected chi connectivity index (χ2v) is 10.0. The van der Waals surface area contributed by atoms with Gasteiger partial charge in [-0.2, -0.15) is 0 Å². The molecule has 0 aliphatic heterocycles. The van der Waals surface area contributed by atoms with E-state index in [4.69, 9.17) is 0 Å². The lowest BCUT2D eigenvalue weighted by Gasteiger charge is -2.32. The number of nitrogens with one attached hydrogen (secondary N) is 1. The minimum Gasteiger partial charge on any atom is -0.311 e. The van der Waals surface area contributed by atoms with Crippen molar-refractivity contribution in [3.63, 3.8) is 0 Å². The summed E-state index contributed by atoms with van der Waals surface area (Å²) >= 11 is 0. The maximum atomic E-state index is 4.24. The van der Waals surface area contributed by atoms with Crippen LogP contribution < -0.4 is 5.32 Å². The van der Waals surface area contributed by atoms with Crippen LogP contribution in [0, 0.1) is 5.92 Å². The Morgan fingerprint density at radius 3 is 1.59 bits per heavy atom. The van der Waals surface area contributed by atoms with Crippen molar-refractivity contribution >= 4 is 0 Å². The summed E-state index contributed by atoms with van der Waals surface area (Å²) in [6.07, 6.45) is 46.5. The maximum Gasteiger partial charge on any atom is 0.0138 e. The summed E-state index contributed by atoms with van der Waals surface area (Å²) < 4.78 is 0. The van der Waals surface area contributed by atoms with Crippen molar-refractivity contribution in [2.75, 3.05) is 0 Å². The topological polar surface area (TPSA) is 12.0 Å². The predicted octanol–water partition coefficient (Wildman–Crippen LogP) is 8.92. The smallest absolute Gasteiger partial charge is 0.0138 e. The molecule has 0 saturated heterocycles. The molecule has 0 aromatic heterocycles. The van der Waals surface area contributed by atoms with E-state index in [1.54, 1.807) is 0 Å². The van der Waals surface area contributed by atoms with Gasteiger partial charge >= 0.3 is 0 Å². The van der Waals surface area contributed by atoms with Crippen molar-refractivity contribution in [1.29, 1.82) is 0 Å². The fourth-order valence-corrected chi connectivity index (χ4v) is 5.62. The average molecular weight is 434 g/mol. The molecule has 3 aliphatic rings. The number of hydrogen-bond donors (Lipinski definition) is 1. The average Bonchev–Trinajstić information content (AvgIpc) is 3.01. The van der Waals surface area contributed by atoms with E-state index in [9.17, 15) is 0 Å². The summed E-state index contributed by atoms with van der Waals surface area (Å²) in [5.74, 6) is 0.621. The second-order valence-electron chi connectivity index (χ2n) is 10.0. The highest BCUT2D eigenvalue weighted by Gasteiger charge is 2.27. The van der Waals surface area contributed by atoms with Crippen molar-refractivity contribution < 1.29 is 0 Å². The number of allylic oxidation sites excluding steroid dienone is 11. The molecule has 3 aliphatic carbocycles. The van der Waals surface area contributed by atoms with Gasteiger partial charge in [0.15, 0.2) is 0 Å². The number of rotatable bonds is 3. The van der Waals surface area contributed by atoms with Crippen molar-refractivity contribution in [2.45, 2.75) is 115 Å². The molecule has 2 unspecified atom stereocenters. The predicted molar refractivity (Wildman–Crippen MR) is 142 cm³/mol. The van der Waals surface area contributed by atoms with Gasteiger partial charge in [-0.05, 0) is 37.2 Å². The molecule has 0 bridgehead atoms. The van der Waals surface area contributed by atoms with E-state index < -0.39 is 0 Å². The Labute approximate surface area is 198 Å². The van der Waals surface area contributed by atoms with Crippen molar-refractivity contribution in [3.05, 3.63) is 72.4 Å². The van der Waals surface area contributed by atoms with Crippen LogP contribution in [-0.4, -0.2) is 12.1 Å². The van der Waals surface area contributed by atoms with Crippen LogP contribution in [0.1, 0.15) is 103 Å². The Kier molecular flexibility index (Phi) is 12.6. The van der Waals surface area contributed by atoms with Crippen LogP contribution in [0.15, 0.2) is 72.4 Å². The molecule has 2 atom stereocenters. The standard InChI is InChI=1S/C31H47N/c1-3-7-11-16-22-28(23-17-12-8-4-1)30-26-20-15-21-27-31(30)32-29-24-18-13-9-5-2-6-10-14-19-25-29/h1,3-4,7-8,11-12,16-17,22-23,29-32H,2,5-6,9-10,13-15,18-21,24-27H2/b3-1-,4-1?,7-3?,8-4-,11-7-,12-8?,16-11?,17-12-,22-16-,23-17?,28-22?,28-23+. The SMILES string of the molecule is C1=C\C=C/C=C\C(C2CCCCCC2NC2CCCCCCCCCCC2)=C/C=C\C=C/1. The molecule has 1 heteroatoms. The van der Waals surface area contributed by atoms with E-state index in [0.717, 1.165) is 0 Å². The van der Waals surface area contributed by atoms with E-state index in [1.165, 1.54) is 108 Å². The molecule has 2 saturated carbocycles. The molecule has 0 heterocycles. The van der Waals surface area contributed by atoms with E-state index in [2.05, 4.69) is 72.2 Å². The Balaban J connectivity index is 1.71. The summed E-state index contributed by atoms with van der Waals surface area (Å²) in [5, 5.41) is 4.24. The monoisotopic (exact) mass is 433 g/mol. The molecule has 0 radical (unpaired) electrons. The molecule has 1 N–H and O–H groups in total. The largest absolute Gasteiger partial charge is 0.311 e. The van der Waals surface area contributed by atoms with Crippen LogP contribution in [0.3, 0.4) is 0 Å². The lowest BCUT2D eigenvalue weighted by Crippen LogP contribution is -2.43.